The molecule has 2 unspecified atom stereocenters. The molecule has 5 rings (SSSR count). The van der Waals surface area contributed by atoms with Gasteiger partial charge in [0.05, 0.1) is 26.7 Å². The van der Waals surface area contributed by atoms with Gasteiger partial charge in [-0.05, 0) is 31.2 Å². The second-order valence-corrected chi connectivity index (χ2v) is 16.4. The first-order valence-electron chi connectivity index (χ1n) is 20.4. The molecule has 3 heterocycles. The SMILES string of the molecule is CCCCCCCCCCCCCCCCOCCCOP(=O)(OC[C@H]1OC(n2cnc3c(OC)nc(N)nc32)[C@](C)(O)[C@@H]1O)Oc1cccc2ccccc12. The molecule has 310 valence electrons. The number of benzene rings is 2. The number of nitrogen functional groups attached to an aromatic ring is 1. The Morgan fingerprint density at radius 1 is 0.857 bits per heavy atom. The van der Waals surface area contributed by atoms with Gasteiger partial charge >= 0.3 is 7.82 Å². The Kier molecular flexibility index (Phi) is 17.2. The summed E-state index contributed by atoms with van der Waals surface area (Å²) in [7, 11) is -2.87. The van der Waals surface area contributed by atoms with Crippen LogP contribution in [0, 0.1) is 0 Å². The number of nitrogens with two attached hydrogens (primary N) is 1. The van der Waals surface area contributed by atoms with E-state index in [0.29, 0.717) is 30.9 Å². The van der Waals surface area contributed by atoms with Crippen molar-refractivity contribution in [2.45, 2.75) is 134 Å². The summed E-state index contributed by atoms with van der Waals surface area (Å²) in [6.45, 7) is 4.38. The summed E-state index contributed by atoms with van der Waals surface area (Å²) >= 11 is 0. The van der Waals surface area contributed by atoms with Gasteiger partial charge in [0.1, 0.15) is 23.6 Å². The van der Waals surface area contributed by atoms with Crippen molar-refractivity contribution in [1.82, 2.24) is 19.5 Å². The Morgan fingerprint density at radius 2 is 1.50 bits per heavy atom. The van der Waals surface area contributed by atoms with E-state index in [9.17, 15) is 14.8 Å². The number of hydrogen-bond acceptors (Lipinski definition) is 13. The number of methoxy groups -OCH3 is 1. The maximum Gasteiger partial charge on any atom is 0.530 e. The summed E-state index contributed by atoms with van der Waals surface area (Å²) in [5.41, 5.74) is 4.56. The molecular formula is C41H62N5O9P. The van der Waals surface area contributed by atoms with Gasteiger partial charge in [-0.25, -0.2) is 9.55 Å². The largest absolute Gasteiger partial charge is 0.530 e. The van der Waals surface area contributed by atoms with Crippen molar-refractivity contribution in [3.05, 3.63) is 48.8 Å². The molecule has 0 bridgehead atoms. The Labute approximate surface area is 331 Å². The van der Waals surface area contributed by atoms with Gasteiger partial charge in [0.25, 0.3) is 0 Å². The Bertz CT molecular complexity index is 1820. The van der Waals surface area contributed by atoms with Crippen LogP contribution in [0.4, 0.5) is 5.95 Å². The Morgan fingerprint density at radius 3 is 2.20 bits per heavy atom. The fraction of sp³-hybridized carbons (Fsp3) is 0.634. The predicted molar refractivity (Wildman–Crippen MR) is 217 cm³/mol. The number of phosphoric acid groups is 1. The average Bonchev–Trinajstić information content (AvgIpc) is 3.70. The lowest BCUT2D eigenvalue weighted by atomic mass is 9.96. The van der Waals surface area contributed by atoms with Crippen LogP contribution in [0.2, 0.25) is 0 Å². The molecule has 0 spiro atoms. The second kappa shape index (κ2) is 22.0. The molecule has 1 saturated heterocycles. The molecular weight excluding hydrogens is 737 g/mol. The maximum absolute atomic E-state index is 14.3. The Balaban J connectivity index is 1.09. The molecule has 1 aliphatic heterocycles. The fourth-order valence-corrected chi connectivity index (χ4v) is 8.35. The first-order valence-corrected chi connectivity index (χ1v) is 21.9. The zero-order valence-electron chi connectivity index (χ0n) is 33.4. The molecule has 0 amide bonds. The van der Waals surface area contributed by atoms with Crippen molar-refractivity contribution >= 4 is 35.7 Å². The number of fused-ring (bicyclic) bond motifs is 2. The number of hydrogen-bond donors (Lipinski definition) is 3. The van der Waals surface area contributed by atoms with Crippen molar-refractivity contribution in [2.24, 2.45) is 0 Å². The van der Waals surface area contributed by atoms with Gasteiger partial charge < -0.3 is 34.7 Å². The van der Waals surface area contributed by atoms with Crippen LogP contribution in [0.15, 0.2) is 48.8 Å². The molecule has 4 N–H and O–H groups in total. The van der Waals surface area contributed by atoms with E-state index in [1.807, 2.05) is 30.3 Å². The third kappa shape index (κ3) is 12.1. The highest BCUT2D eigenvalue weighted by Crippen LogP contribution is 2.52. The van der Waals surface area contributed by atoms with Gasteiger partial charge in [-0.3, -0.25) is 13.6 Å². The van der Waals surface area contributed by atoms with Gasteiger partial charge in [-0.1, -0.05) is 127 Å². The van der Waals surface area contributed by atoms with Crippen LogP contribution in [-0.4, -0.2) is 81.1 Å². The zero-order valence-corrected chi connectivity index (χ0v) is 34.2. The van der Waals surface area contributed by atoms with Crippen LogP contribution in [0.1, 0.15) is 116 Å². The summed E-state index contributed by atoms with van der Waals surface area (Å²) in [5, 5.41) is 24.3. The molecule has 14 nitrogen and oxygen atoms in total. The minimum absolute atomic E-state index is 0.0409. The van der Waals surface area contributed by atoms with Crippen molar-refractivity contribution < 1.29 is 42.6 Å². The van der Waals surface area contributed by atoms with Crippen LogP contribution in [0.5, 0.6) is 11.6 Å². The quantitative estimate of drug-likeness (QED) is 0.0385. The fourth-order valence-electron chi connectivity index (χ4n) is 7.09. The molecule has 1 fully saturated rings. The minimum Gasteiger partial charge on any atom is -0.479 e. The summed E-state index contributed by atoms with van der Waals surface area (Å²) < 4.78 is 50.6. The van der Waals surface area contributed by atoms with Crippen molar-refractivity contribution in [3.63, 3.8) is 0 Å². The lowest BCUT2D eigenvalue weighted by molar-refractivity contribution is -0.0949. The molecule has 0 radical (unpaired) electrons. The van der Waals surface area contributed by atoms with Crippen LogP contribution in [0.3, 0.4) is 0 Å². The third-order valence-electron chi connectivity index (χ3n) is 10.3. The van der Waals surface area contributed by atoms with E-state index in [0.717, 1.165) is 23.6 Å². The number of aliphatic hydroxyl groups excluding tert-OH is 1. The van der Waals surface area contributed by atoms with Gasteiger partial charge in [0.2, 0.25) is 11.8 Å². The summed E-state index contributed by atoms with van der Waals surface area (Å²) in [6.07, 6.45) is 16.3. The number of ether oxygens (including phenoxy) is 3. The van der Waals surface area contributed by atoms with E-state index in [1.54, 1.807) is 12.1 Å². The topological polar surface area (TPSA) is 183 Å². The standard InChI is InChI=1S/C41H62N5O9P/c1-4-5-6-7-8-9-10-11-12-13-14-15-16-19-26-51-27-21-28-52-56(49,55-33-25-20-23-31-22-17-18-24-32(31)33)53-29-34-36(47)41(2,48)39(54-34)46-30-43-35-37(46)44-40(42)45-38(35)50-3/h17-18,20,22-25,30,34,36,39,47-48H,4-16,19,21,26-29H2,1-3H3,(H2,42,44,45)/t34-,36-,39?,41-,56?/m1/s1. The van der Waals surface area contributed by atoms with Gasteiger partial charge in [0.15, 0.2) is 17.4 Å². The van der Waals surface area contributed by atoms with Gasteiger partial charge in [-0.2, -0.15) is 9.97 Å². The first-order chi connectivity index (χ1) is 27.2. The zero-order chi connectivity index (χ0) is 39.8. The summed E-state index contributed by atoms with van der Waals surface area (Å²) in [5.74, 6) is 0.389. The normalized spacial score (nSPS) is 20.8. The highest BCUT2D eigenvalue weighted by atomic mass is 31.2. The van der Waals surface area contributed by atoms with E-state index in [2.05, 4.69) is 21.9 Å². The smallest absolute Gasteiger partial charge is 0.479 e. The predicted octanol–water partition coefficient (Wildman–Crippen LogP) is 8.69. The van der Waals surface area contributed by atoms with E-state index in [4.69, 9.17) is 33.5 Å². The number of anilines is 1. The summed E-state index contributed by atoms with van der Waals surface area (Å²) in [6, 6.07) is 12.9. The molecule has 5 atom stereocenters. The average molecular weight is 800 g/mol. The number of aromatic nitrogens is 4. The highest BCUT2D eigenvalue weighted by Gasteiger charge is 2.54. The number of aliphatic hydroxyl groups is 2. The highest BCUT2D eigenvalue weighted by molar-refractivity contribution is 7.49. The Hall–Kier alpha value is -3.36. The number of phosphoric ester groups is 1. The molecule has 0 aliphatic carbocycles. The molecule has 2 aromatic heterocycles. The number of unbranched alkanes of at least 4 members (excludes halogenated alkanes) is 13. The monoisotopic (exact) mass is 799 g/mol. The van der Waals surface area contributed by atoms with Crippen LogP contribution >= 0.6 is 7.82 Å². The lowest BCUT2D eigenvalue weighted by Crippen LogP contribution is -2.44. The van der Waals surface area contributed by atoms with E-state index in [-0.39, 0.29) is 24.1 Å². The molecule has 15 heteroatoms. The molecule has 4 aromatic rings. The summed E-state index contributed by atoms with van der Waals surface area (Å²) in [4.78, 5) is 12.6. The van der Waals surface area contributed by atoms with Gasteiger partial charge in [-0.15, -0.1) is 0 Å². The van der Waals surface area contributed by atoms with Crippen LogP contribution in [0.25, 0.3) is 21.9 Å². The van der Waals surface area contributed by atoms with Crippen LogP contribution < -0.4 is 15.0 Å². The molecule has 0 saturated carbocycles. The molecule has 56 heavy (non-hydrogen) atoms. The molecule has 2 aromatic carbocycles. The first kappa shape index (κ1) is 43.8. The minimum atomic E-state index is -4.30. The maximum atomic E-state index is 14.3. The lowest BCUT2D eigenvalue weighted by Gasteiger charge is -2.27. The number of rotatable bonds is 27. The second-order valence-electron chi connectivity index (χ2n) is 14.8. The number of nitrogens with zero attached hydrogens (tertiary/aromatic N) is 4. The van der Waals surface area contributed by atoms with Crippen LogP contribution in [-0.2, 0) is 23.1 Å². The van der Waals surface area contributed by atoms with E-state index in [1.165, 1.54) is 102 Å². The van der Waals surface area contributed by atoms with Crippen molar-refractivity contribution in [3.8, 4) is 11.6 Å². The number of imidazole rings is 1. The van der Waals surface area contributed by atoms with Crippen molar-refractivity contribution in [1.29, 1.82) is 0 Å². The van der Waals surface area contributed by atoms with Gasteiger partial charge in [0, 0.05) is 18.6 Å². The molecule has 1 aliphatic rings. The van der Waals surface area contributed by atoms with E-state index >= 15 is 0 Å². The third-order valence-corrected chi connectivity index (χ3v) is 11.7. The van der Waals surface area contributed by atoms with Crippen molar-refractivity contribution in [2.75, 3.05) is 39.3 Å². The van der Waals surface area contributed by atoms with E-state index < -0.39 is 38.5 Å².